The molecule has 0 saturated heterocycles. The first-order chi connectivity index (χ1) is 20.8. The summed E-state index contributed by atoms with van der Waals surface area (Å²) in [6.45, 7) is 0. The van der Waals surface area contributed by atoms with E-state index in [1.165, 1.54) is 43.5 Å². The van der Waals surface area contributed by atoms with E-state index in [1.54, 1.807) is 65.7 Å². The van der Waals surface area contributed by atoms with Gasteiger partial charge in [-0.2, -0.15) is 0 Å². The van der Waals surface area contributed by atoms with Gasteiger partial charge in [-0.05, 0) is 101 Å². The minimum absolute atomic E-state index is 0.0238. The summed E-state index contributed by atoms with van der Waals surface area (Å²) >= 11 is 0. The summed E-state index contributed by atoms with van der Waals surface area (Å²) in [7, 11) is 0. The lowest BCUT2D eigenvalue weighted by atomic mass is 9.79. The Morgan fingerprint density at radius 3 is 1.74 bits per heavy atom. The topological polar surface area (TPSA) is 121 Å². The van der Waals surface area contributed by atoms with Gasteiger partial charge in [0.05, 0.1) is 0 Å². The summed E-state index contributed by atoms with van der Waals surface area (Å²) in [5, 5.41) is 61.8. The lowest BCUT2D eigenvalue weighted by Gasteiger charge is -2.24. The fraction of sp³-hybridized carbons (Fsp3) is 0.135. The number of fused-ring (bicyclic) bond motifs is 2. The van der Waals surface area contributed by atoms with Gasteiger partial charge in [0.15, 0.2) is 0 Å². The smallest absolute Gasteiger partial charge is 0.127 e. The molecule has 2 atom stereocenters. The average molecular weight is 573 g/mol. The zero-order chi connectivity index (χ0) is 30.1. The number of aryl methyl sites for hydroxylation is 2. The molecule has 0 spiro atoms. The van der Waals surface area contributed by atoms with Gasteiger partial charge in [0, 0.05) is 29.0 Å². The number of hydrogen-bond acceptors (Lipinski definition) is 6. The fourth-order valence-electron chi connectivity index (χ4n) is 6.33. The van der Waals surface area contributed by atoms with Crippen LogP contribution in [0.1, 0.15) is 57.2 Å². The van der Waals surface area contributed by atoms with Gasteiger partial charge in [0.25, 0.3) is 0 Å². The number of phenols is 6. The van der Waals surface area contributed by atoms with Crippen molar-refractivity contribution < 1.29 is 30.6 Å². The van der Waals surface area contributed by atoms with E-state index in [0.29, 0.717) is 22.3 Å². The molecule has 6 N–H and O–H groups in total. The van der Waals surface area contributed by atoms with Gasteiger partial charge in [0.2, 0.25) is 0 Å². The van der Waals surface area contributed by atoms with Gasteiger partial charge < -0.3 is 30.6 Å². The second-order valence-electron chi connectivity index (χ2n) is 11.0. The first-order valence-electron chi connectivity index (χ1n) is 14.2. The third kappa shape index (κ3) is 5.60. The first-order valence-corrected chi connectivity index (χ1v) is 14.2. The monoisotopic (exact) mass is 572 g/mol. The molecule has 5 aromatic carbocycles. The van der Waals surface area contributed by atoms with Crippen molar-refractivity contribution in [1.29, 1.82) is 0 Å². The standard InChI is InChI=1S/C28H22O6.C9H10/c29-17-5-1-15(2-6-17)11-22-27-23(13-20(32)14-25(27)34)26(16-3-7-18(30)8-4-16)28(22)21-12-19(31)9-10-24(21)33;1-2-5-9-7-3-6-8(9)4-1/h1-14,26,28-34H;1-2,4-5H,3,6-7H2. The van der Waals surface area contributed by atoms with E-state index in [9.17, 15) is 30.6 Å². The maximum Gasteiger partial charge on any atom is 0.127 e. The second kappa shape index (κ2) is 11.5. The van der Waals surface area contributed by atoms with Gasteiger partial charge >= 0.3 is 0 Å². The van der Waals surface area contributed by atoms with E-state index in [2.05, 4.69) is 24.3 Å². The summed E-state index contributed by atoms with van der Waals surface area (Å²) in [5.74, 6) is -1.07. The molecule has 0 saturated carbocycles. The quantitative estimate of drug-likeness (QED) is 0.124. The highest BCUT2D eigenvalue weighted by molar-refractivity contribution is 5.94. The van der Waals surface area contributed by atoms with Crippen molar-refractivity contribution in [2.24, 2.45) is 0 Å². The van der Waals surface area contributed by atoms with Gasteiger partial charge in [-0.3, -0.25) is 0 Å². The van der Waals surface area contributed by atoms with Crippen LogP contribution in [0.3, 0.4) is 0 Å². The molecule has 0 radical (unpaired) electrons. The van der Waals surface area contributed by atoms with E-state index in [0.717, 1.165) is 11.1 Å². The van der Waals surface area contributed by atoms with Crippen LogP contribution >= 0.6 is 0 Å². The highest BCUT2D eigenvalue weighted by atomic mass is 16.3. The molecular formula is C37H32O6. The van der Waals surface area contributed by atoms with Crippen LogP contribution in [-0.2, 0) is 12.8 Å². The van der Waals surface area contributed by atoms with Crippen LogP contribution in [0, 0.1) is 0 Å². The molecule has 0 fully saturated rings. The second-order valence-corrected chi connectivity index (χ2v) is 11.0. The third-order valence-electron chi connectivity index (χ3n) is 8.25. The Kier molecular flexibility index (Phi) is 7.43. The zero-order valence-corrected chi connectivity index (χ0v) is 23.4. The Morgan fingerprint density at radius 2 is 1.09 bits per heavy atom. The van der Waals surface area contributed by atoms with E-state index >= 15 is 0 Å². The molecule has 0 amide bonds. The predicted molar refractivity (Wildman–Crippen MR) is 167 cm³/mol. The van der Waals surface area contributed by atoms with E-state index in [-0.39, 0.29) is 34.5 Å². The van der Waals surface area contributed by atoms with Crippen LogP contribution in [-0.4, -0.2) is 30.6 Å². The summed E-state index contributed by atoms with van der Waals surface area (Å²) < 4.78 is 0. The molecule has 0 aliphatic heterocycles. The zero-order valence-electron chi connectivity index (χ0n) is 23.4. The van der Waals surface area contributed by atoms with Crippen molar-refractivity contribution in [3.63, 3.8) is 0 Å². The van der Waals surface area contributed by atoms with Crippen LogP contribution in [0.4, 0.5) is 0 Å². The molecule has 2 unspecified atom stereocenters. The molecule has 0 heterocycles. The molecule has 2 aliphatic rings. The van der Waals surface area contributed by atoms with Crippen molar-refractivity contribution in [3.05, 3.63) is 142 Å². The van der Waals surface area contributed by atoms with Crippen molar-refractivity contribution in [1.82, 2.24) is 0 Å². The number of aromatic hydroxyl groups is 6. The predicted octanol–water partition coefficient (Wildman–Crippen LogP) is 7.57. The van der Waals surface area contributed by atoms with Crippen LogP contribution < -0.4 is 0 Å². The number of phenolic OH excluding ortho intramolecular Hbond substituents is 6. The molecule has 6 nitrogen and oxygen atoms in total. The Labute approximate surface area is 249 Å². The Hall–Kier alpha value is -5.36. The SMILES string of the molecule is Oc1ccc(C=C2c3c(O)cc(O)cc3C(c3ccc(O)cc3)C2c2cc(O)ccc2O)cc1.c1ccc2c(c1)CCC2. The van der Waals surface area contributed by atoms with Crippen LogP contribution in [0.2, 0.25) is 0 Å². The van der Waals surface area contributed by atoms with Crippen molar-refractivity contribution in [2.75, 3.05) is 0 Å². The number of rotatable bonds is 3. The van der Waals surface area contributed by atoms with Gasteiger partial charge in [-0.1, -0.05) is 54.6 Å². The minimum Gasteiger partial charge on any atom is -0.508 e. The summed E-state index contributed by atoms with van der Waals surface area (Å²) in [5.41, 5.74) is 6.93. The third-order valence-corrected chi connectivity index (χ3v) is 8.25. The minimum atomic E-state index is -0.548. The molecular weight excluding hydrogens is 540 g/mol. The molecule has 216 valence electrons. The van der Waals surface area contributed by atoms with Crippen LogP contribution in [0.25, 0.3) is 11.6 Å². The number of benzene rings is 5. The van der Waals surface area contributed by atoms with Crippen LogP contribution in [0.15, 0.2) is 103 Å². The number of hydrogen-bond donors (Lipinski definition) is 6. The van der Waals surface area contributed by atoms with Gasteiger partial charge in [-0.15, -0.1) is 0 Å². The van der Waals surface area contributed by atoms with Gasteiger partial charge in [-0.25, -0.2) is 0 Å². The normalized spacial score (nSPS) is 17.6. The summed E-state index contributed by atoms with van der Waals surface area (Å²) in [6.07, 6.45) is 5.81. The Morgan fingerprint density at radius 1 is 0.512 bits per heavy atom. The summed E-state index contributed by atoms with van der Waals surface area (Å²) in [4.78, 5) is 0. The lowest BCUT2D eigenvalue weighted by molar-refractivity contribution is 0.448. The molecule has 5 aromatic rings. The van der Waals surface area contributed by atoms with Crippen molar-refractivity contribution >= 4 is 11.6 Å². The molecule has 0 bridgehead atoms. The summed E-state index contributed by atoms with van der Waals surface area (Å²) in [6, 6.07) is 29.0. The van der Waals surface area contributed by atoms with Crippen LogP contribution in [0.5, 0.6) is 34.5 Å². The fourth-order valence-corrected chi connectivity index (χ4v) is 6.33. The average Bonchev–Trinajstić information content (AvgIpc) is 3.59. The molecule has 6 heteroatoms. The molecule has 43 heavy (non-hydrogen) atoms. The maximum atomic E-state index is 10.9. The Balaban J connectivity index is 0.000000310. The Bertz CT molecular complexity index is 1780. The van der Waals surface area contributed by atoms with E-state index in [4.69, 9.17) is 0 Å². The van der Waals surface area contributed by atoms with Crippen molar-refractivity contribution in [3.8, 4) is 34.5 Å². The van der Waals surface area contributed by atoms with Gasteiger partial charge in [0.1, 0.15) is 34.5 Å². The highest BCUT2D eigenvalue weighted by Gasteiger charge is 2.42. The molecule has 0 aromatic heterocycles. The maximum absolute atomic E-state index is 10.9. The van der Waals surface area contributed by atoms with E-state index < -0.39 is 11.8 Å². The first kappa shape index (κ1) is 27.8. The molecule has 2 aliphatic carbocycles. The highest BCUT2D eigenvalue weighted by Crippen LogP contribution is 2.59. The largest absolute Gasteiger partial charge is 0.508 e. The van der Waals surface area contributed by atoms with E-state index in [1.807, 2.05) is 6.08 Å². The molecule has 7 rings (SSSR count). The lowest BCUT2D eigenvalue weighted by Crippen LogP contribution is -2.08. The number of allylic oxidation sites excluding steroid dienone is 1. The van der Waals surface area contributed by atoms with Crippen molar-refractivity contribution in [2.45, 2.75) is 31.1 Å².